The molecule has 0 aromatic heterocycles. The first-order valence-electron chi connectivity index (χ1n) is 12.9. The third-order valence-electron chi connectivity index (χ3n) is 6.31. The molecule has 0 aliphatic heterocycles. The fourth-order valence-electron chi connectivity index (χ4n) is 4.45. The number of nitrogens with two attached hydrogens (primary N) is 2. The van der Waals surface area contributed by atoms with Crippen molar-refractivity contribution in [2.75, 3.05) is 20.2 Å². The minimum absolute atomic E-state index is 0.0792. The van der Waals surface area contributed by atoms with E-state index in [2.05, 4.69) is 10.3 Å². The van der Waals surface area contributed by atoms with Crippen LogP contribution in [0.1, 0.15) is 35.4 Å². The number of benzene rings is 3. The second kappa shape index (κ2) is 14.9. The van der Waals surface area contributed by atoms with Crippen LogP contribution in [0.4, 0.5) is 0 Å². The molecule has 0 unspecified atom stereocenters. The van der Waals surface area contributed by atoms with E-state index in [4.69, 9.17) is 16.2 Å². The van der Waals surface area contributed by atoms with E-state index in [1.165, 1.54) is 4.90 Å². The maximum Gasteiger partial charge on any atom is 0.322 e. The van der Waals surface area contributed by atoms with E-state index in [0.717, 1.165) is 16.7 Å². The molecule has 3 rings (SSSR count). The second-order valence-corrected chi connectivity index (χ2v) is 9.15. The van der Waals surface area contributed by atoms with E-state index >= 15 is 0 Å². The Bertz CT molecular complexity index is 1260. The lowest BCUT2D eigenvalue weighted by molar-refractivity contribution is -0.143. The Kier molecular flexibility index (Phi) is 11.1. The number of nitrogens with zero attached hydrogens (tertiary/aromatic N) is 2. The summed E-state index contributed by atoms with van der Waals surface area (Å²) in [6, 6.07) is 24.9. The van der Waals surface area contributed by atoms with Gasteiger partial charge in [-0.15, -0.1) is 0 Å². The van der Waals surface area contributed by atoms with Crippen molar-refractivity contribution in [1.29, 1.82) is 0 Å². The molecule has 0 bridgehead atoms. The molecule has 3 aromatic rings. The van der Waals surface area contributed by atoms with Gasteiger partial charge in [-0.1, -0.05) is 72.8 Å². The molecule has 3 aromatic carbocycles. The number of amides is 2. The van der Waals surface area contributed by atoms with Gasteiger partial charge < -0.3 is 31.5 Å². The first-order valence-corrected chi connectivity index (χ1v) is 12.9. The summed E-state index contributed by atoms with van der Waals surface area (Å²) in [5.41, 5.74) is 13.2. The van der Waals surface area contributed by atoms with Gasteiger partial charge in [-0.2, -0.15) is 0 Å². The summed E-state index contributed by atoms with van der Waals surface area (Å²) in [6.45, 7) is -0.252. The first-order chi connectivity index (χ1) is 19.3. The molecule has 0 aliphatic carbocycles. The predicted octanol–water partition coefficient (Wildman–Crippen LogP) is 2.48. The van der Waals surface area contributed by atoms with Crippen molar-refractivity contribution in [1.82, 2.24) is 10.2 Å². The number of carbonyl (C=O) groups excluding carboxylic acids is 2. The predicted molar refractivity (Wildman–Crippen MR) is 153 cm³/mol. The minimum atomic E-state index is -1.19. The molecular formula is C30H35N5O5. The van der Waals surface area contributed by atoms with Crippen molar-refractivity contribution in [2.45, 2.75) is 31.3 Å². The Morgan fingerprint density at radius 2 is 1.57 bits per heavy atom. The minimum Gasteiger partial charge on any atom is -0.497 e. The number of aliphatic carboxylic acids is 1. The third kappa shape index (κ3) is 8.59. The van der Waals surface area contributed by atoms with E-state index < -0.39 is 30.4 Å². The second-order valence-electron chi connectivity index (χ2n) is 9.15. The van der Waals surface area contributed by atoms with Crippen molar-refractivity contribution < 1.29 is 24.2 Å². The molecule has 10 heteroatoms. The van der Waals surface area contributed by atoms with Gasteiger partial charge in [-0.3, -0.25) is 19.4 Å². The number of nitrogens with one attached hydrogen (secondary N) is 1. The maximum atomic E-state index is 14.6. The van der Waals surface area contributed by atoms with Crippen LogP contribution in [0.2, 0.25) is 0 Å². The molecule has 0 spiro atoms. The van der Waals surface area contributed by atoms with E-state index in [0.29, 0.717) is 12.2 Å². The SMILES string of the molecule is COc1cccc(CN(C(=O)C(c2ccccc2)c2ccccc2)[C@@H](CCCN=C(N)N)C(=O)NCC(=O)O)c1. The monoisotopic (exact) mass is 545 g/mol. The van der Waals surface area contributed by atoms with E-state index in [-0.39, 0.29) is 31.4 Å². The molecule has 0 aliphatic rings. The Labute approximate surface area is 233 Å². The van der Waals surface area contributed by atoms with E-state index in [9.17, 15) is 19.5 Å². The van der Waals surface area contributed by atoms with Crippen LogP contribution in [0.3, 0.4) is 0 Å². The van der Waals surface area contributed by atoms with Crippen molar-refractivity contribution in [3.8, 4) is 5.75 Å². The smallest absolute Gasteiger partial charge is 0.322 e. The lowest BCUT2D eigenvalue weighted by atomic mass is 9.89. The Balaban J connectivity index is 2.09. The molecule has 0 saturated carbocycles. The normalized spacial score (nSPS) is 11.3. The number of rotatable bonds is 14. The Hall–Kier alpha value is -4.86. The van der Waals surface area contributed by atoms with Crippen molar-refractivity contribution in [2.24, 2.45) is 16.5 Å². The number of ether oxygens (including phenoxy) is 1. The van der Waals surface area contributed by atoms with Gasteiger partial charge in [0.2, 0.25) is 11.8 Å². The quantitative estimate of drug-likeness (QED) is 0.137. The van der Waals surface area contributed by atoms with Crippen LogP contribution in [0.15, 0.2) is 89.9 Å². The Morgan fingerprint density at radius 3 is 2.12 bits per heavy atom. The summed E-state index contributed by atoms with van der Waals surface area (Å²) in [4.78, 5) is 44.8. The molecule has 0 heterocycles. The van der Waals surface area contributed by atoms with Gasteiger partial charge >= 0.3 is 5.97 Å². The number of hydrogen-bond donors (Lipinski definition) is 4. The summed E-state index contributed by atoms with van der Waals surface area (Å²) < 4.78 is 5.37. The van der Waals surface area contributed by atoms with Crippen molar-refractivity contribution >= 4 is 23.7 Å². The number of carboxylic acids is 1. The zero-order valence-electron chi connectivity index (χ0n) is 22.4. The van der Waals surface area contributed by atoms with Gasteiger partial charge in [0.25, 0.3) is 0 Å². The fourth-order valence-corrected chi connectivity index (χ4v) is 4.45. The molecule has 10 nitrogen and oxygen atoms in total. The number of aliphatic imine (C=N–C) groups is 1. The summed E-state index contributed by atoms with van der Waals surface area (Å²) in [7, 11) is 1.55. The van der Waals surface area contributed by atoms with Gasteiger partial charge in [0.1, 0.15) is 18.3 Å². The maximum absolute atomic E-state index is 14.6. The van der Waals surface area contributed by atoms with Crippen LogP contribution < -0.4 is 21.5 Å². The molecule has 6 N–H and O–H groups in total. The molecule has 1 atom stereocenters. The molecule has 0 radical (unpaired) electrons. The van der Waals surface area contributed by atoms with Gasteiger partial charge in [0.05, 0.1) is 13.0 Å². The van der Waals surface area contributed by atoms with Gasteiger partial charge in [-0.05, 0) is 41.7 Å². The average molecular weight is 546 g/mol. The molecule has 40 heavy (non-hydrogen) atoms. The highest BCUT2D eigenvalue weighted by molar-refractivity contribution is 5.93. The van der Waals surface area contributed by atoms with Crippen LogP contribution in [0.5, 0.6) is 5.75 Å². The molecule has 0 fully saturated rings. The first kappa shape index (κ1) is 29.7. The van der Waals surface area contributed by atoms with E-state index in [1.54, 1.807) is 25.3 Å². The number of methoxy groups -OCH3 is 1. The molecule has 2 amide bonds. The van der Waals surface area contributed by atoms with E-state index in [1.807, 2.05) is 66.7 Å². The summed E-state index contributed by atoms with van der Waals surface area (Å²) in [5, 5.41) is 11.6. The standard InChI is InChI=1S/C30H35N5O5/c1-40-24-15-8-10-21(18-24)20-35(25(16-9-17-33-30(31)32)28(38)34-19-26(36)37)29(39)27(22-11-4-2-5-12-22)23-13-6-3-7-14-23/h2-8,10-15,18,25,27H,9,16-17,19-20H2,1H3,(H,34,38)(H,36,37)(H4,31,32,33)/t25-/m0/s1. The fraction of sp³-hybridized carbons (Fsp3) is 0.267. The van der Waals surface area contributed by atoms with Gasteiger partial charge in [0, 0.05) is 13.1 Å². The number of hydrogen-bond acceptors (Lipinski definition) is 5. The summed E-state index contributed by atoms with van der Waals surface area (Å²) in [5.74, 6) is -2.26. The third-order valence-corrected chi connectivity index (χ3v) is 6.31. The molecular weight excluding hydrogens is 510 g/mol. The Morgan fingerprint density at radius 1 is 0.950 bits per heavy atom. The largest absolute Gasteiger partial charge is 0.497 e. The van der Waals surface area contributed by atoms with Crippen molar-refractivity contribution in [3.05, 3.63) is 102 Å². The van der Waals surface area contributed by atoms with Crippen LogP contribution in [0, 0.1) is 0 Å². The summed E-state index contributed by atoms with van der Waals surface area (Å²) in [6.07, 6.45) is 0.584. The number of guanidine groups is 1. The van der Waals surface area contributed by atoms with Crippen LogP contribution in [-0.2, 0) is 20.9 Å². The van der Waals surface area contributed by atoms with Crippen LogP contribution in [0.25, 0.3) is 0 Å². The highest BCUT2D eigenvalue weighted by Crippen LogP contribution is 2.30. The zero-order chi connectivity index (χ0) is 28.9. The molecule has 0 saturated heterocycles. The van der Waals surface area contributed by atoms with Crippen LogP contribution >= 0.6 is 0 Å². The topological polar surface area (TPSA) is 160 Å². The zero-order valence-corrected chi connectivity index (χ0v) is 22.4. The lowest BCUT2D eigenvalue weighted by Gasteiger charge is -2.34. The van der Waals surface area contributed by atoms with Gasteiger partial charge in [0.15, 0.2) is 5.96 Å². The molecule has 210 valence electrons. The number of carboxylic acid groups (broad SMARTS) is 1. The average Bonchev–Trinajstić information content (AvgIpc) is 2.96. The highest BCUT2D eigenvalue weighted by atomic mass is 16.5. The number of carbonyl (C=O) groups is 3. The lowest BCUT2D eigenvalue weighted by Crippen LogP contribution is -2.51. The van der Waals surface area contributed by atoms with Crippen molar-refractivity contribution in [3.63, 3.8) is 0 Å². The van der Waals surface area contributed by atoms with Gasteiger partial charge in [-0.25, -0.2) is 0 Å². The van der Waals surface area contributed by atoms with Crippen LogP contribution in [-0.4, -0.2) is 60.0 Å². The summed E-state index contributed by atoms with van der Waals surface area (Å²) >= 11 is 0. The highest BCUT2D eigenvalue weighted by Gasteiger charge is 2.35.